The average molecular weight is 237 g/mol. The number of rotatable bonds is 3. The largest absolute Gasteiger partial charge is 0.369 e. The Morgan fingerprint density at radius 3 is 2.71 bits per heavy atom. The van der Waals surface area contributed by atoms with Crippen LogP contribution in [0.25, 0.3) is 0 Å². The van der Waals surface area contributed by atoms with E-state index in [0.717, 1.165) is 12.8 Å². The molecular formula is C12H19N3O2. The molecular weight excluding hydrogens is 218 g/mol. The standard InChI is InChI=1S/C12H19N3O2/c1-3-4-10(13)12(17)15-7-9(11(14)16)6-5-8(15)2/h1,8-10H,4-7,13H2,2H3,(H2,14,16). The molecule has 17 heavy (non-hydrogen) atoms. The van der Waals surface area contributed by atoms with Crippen LogP contribution < -0.4 is 11.5 Å². The summed E-state index contributed by atoms with van der Waals surface area (Å²) < 4.78 is 0. The summed E-state index contributed by atoms with van der Waals surface area (Å²) in [4.78, 5) is 24.8. The average Bonchev–Trinajstić information content (AvgIpc) is 2.28. The summed E-state index contributed by atoms with van der Waals surface area (Å²) in [5.41, 5.74) is 11.0. The third-order valence-corrected chi connectivity index (χ3v) is 3.22. The van der Waals surface area contributed by atoms with E-state index in [9.17, 15) is 9.59 Å². The Morgan fingerprint density at radius 2 is 2.18 bits per heavy atom. The fourth-order valence-corrected chi connectivity index (χ4v) is 2.07. The van der Waals surface area contributed by atoms with Crippen molar-refractivity contribution in [1.29, 1.82) is 0 Å². The number of amides is 2. The topological polar surface area (TPSA) is 89.4 Å². The van der Waals surface area contributed by atoms with Crippen molar-refractivity contribution in [3.8, 4) is 12.3 Å². The third-order valence-electron chi connectivity index (χ3n) is 3.22. The monoisotopic (exact) mass is 237 g/mol. The first-order valence-electron chi connectivity index (χ1n) is 5.76. The minimum Gasteiger partial charge on any atom is -0.369 e. The molecule has 5 nitrogen and oxygen atoms in total. The first-order valence-corrected chi connectivity index (χ1v) is 5.76. The van der Waals surface area contributed by atoms with Gasteiger partial charge in [-0.05, 0) is 19.8 Å². The summed E-state index contributed by atoms with van der Waals surface area (Å²) >= 11 is 0. The van der Waals surface area contributed by atoms with Gasteiger partial charge in [0.25, 0.3) is 0 Å². The Morgan fingerprint density at radius 1 is 1.53 bits per heavy atom. The fraction of sp³-hybridized carbons (Fsp3) is 0.667. The van der Waals surface area contributed by atoms with Crippen molar-refractivity contribution in [3.05, 3.63) is 0 Å². The first-order chi connectivity index (χ1) is 7.97. The number of likely N-dealkylation sites (tertiary alicyclic amines) is 1. The number of carbonyl (C=O) groups excluding carboxylic acids is 2. The predicted octanol–water partition coefficient (Wildman–Crippen LogP) is -0.551. The van der Waals surface area contributed by atoms with Gasteiger partial charge in [-0.1, -0.05) is 0 Å². The van der Waals surface area contributed by atoms with Gasteiger partial charge < -0.3 is 16.4 Å². The molecule has 1 aliphatic rings. The number of terminal acetylenes is 1. The Balaban J connectivity index is 2.70. The lowest BCUT2D eigenvalue weighted by atomic mass is 9.92. The van der Waals surface area contributed by atoms with Gasteiger partial charge in [0.15, 0.2) is 0 Å². The van der Waals surface area contributed by atoms with Crippen LogP contribution in [0, 0.1) is 18.3 Å². The van der Waals surface area contributed by atoms with Crippen LogP contribution in [-0.4, -0.2) is 35.3 Å². The Bertz CT molecular complexity index is 348. The molecule has 0 spiro atoms. The molecule has 0 aromatic rings. The van der Waals surface area contributed by atoms with Crippen molar-refractivity contribution in [2.24, 2.45) is 17.4 Å². The second-order valence-electron chi connectivity index (χ2n) is 4.53. The smallest absolute Gasteiger partial charge is 0.240 e. The van der Waals surface area contributed by atoms with E-state index in [1.165, 1.54) is 0 Å². The summed E-state index contributed by atoms with van der Waals surface area (Å²) in [5.74, 6) is 1.55. The van der Waals surface area contributed by atoms with Crippen molar-refractivity contribution in [3.63, 3.8) is 0 Å². The van der Waals surface area contributed by atoms with Gasteiger partial charge in [0.05, 0.1) is 12.0 Å². The third kappa shape index (κ3) is 3.21. The summed E-state index contributed by atoms with van der Waals surface area (Å²) in [6, 6.07) is -0.601. The van der Waals surface area contributed by atoms with Gasteiger partial charge in [-0.3, -0.25) is 9.59 Å². The minimum atomic E-state index is -0.686. The summed E-state index contributed by atoms with van der Waals surface area (Å²) in [5, 5.41) is 0. The van der Waals surface area contributed by atoms with Crippen molar-refractivity contribution in [2.45, 2.75) is 38.3 Å². The van der Waals surface area contributed by atoms with Crippen LogP contribution in [0.1, 0.15) is 26.2 Å². The highest BCUT2D eigenvalue weighted by molar-refractivity contribution is 5.84. The van der Waals surface area contributed by atoms with Crippen LogP contribution in [0.4, 0.5) is 0 Å². The fourth-order valence-electron chi connectivity index (χ4n) is 2.07. The van der Waals surface area contributed by atoms with Gasteiger partial charge in [-0.2, -0.15) is 0 Å². The van der Waals surface area contributed by atoms with Gasteiger partial charge in [0.1, 0.15) is 0 Å². The number of primary amides is 1. The maximum Gasteiger partial charge on any atom is 0.240 e. The van der Waals surface area contributed by atoms with Crippen molar-refractivity contribution < 1.29 is 9.59 Å². The van der Waals surface area contributed by atoms with E-state index in [4.69, 9.17) is 17.9 Å². The number of hydrogen-bond donors (Lipinski definition) is 2. The zero-order valence-corrected chi connectivity index (χ0v) is 10.1. The summed E-state index contributed by atoms with van der Waals surface area (Å²) in [6.07, 6.45) is 6.84. The number of hydrogen-bond acceptors (Lipinski definition) is 3. The van der Waals surface area contributed by atoms with E-state index in [0.29, 0.717) is 6.54 Å². The van der Waals surface area contributed by atoms with Gasteiger partial charge in [-0.25, -0.2) is 0 Å². The van der Waals surface area contributed by atoms with Crippen LogP contribution >= 0.6 is 0 Å². The molecule has 0 aromatic carbocycles. The molecule has 5 heteroatoms. The lowest BCUT2D eigenvalue weighted by Gasteiger charge is -2.38. The maximum atomic E-state index is 12.0. The van der Waals surface area contributed by atoms with Crippen LogP contribution in [0.3, 0.4) is 0 Å². The van der Waals surface area contributed by atoms with Crippen molar-refractivity contribution in [1.82, 2.24) is 4.90 Å². The lowest BCUT2D eigenvalue weighted by Crippen LogP contribution is -2.53. The second-order valence-corrected chi connectivity index (χ2v) is 4.53. The summed E-state index contributed by atoms with van der Waals surface area (Å²) in [7, 11) is 0. The van der Waals surface area contributed by atoms with Crippen molar-refractivity contribution in [2.75, 3.05) is 6.54 Å². The molecule has 1 saturated heterocycles. The van der Waals surface area contributed by atoms with Crippen LogP contribution in [0.15, 0.2) is 0 Å². The Hall–Kier alpha value is -1.54. The molecule has 3 atom stereocenters. The number of nitrogens with two attached hydrogens (primary N) is 2. The van der Waals surface area contributed by atoms with E-state index in [1.54, 1.807) is 4.90 Å². The summed E-state index contributed by atoms with van der Waals surface area (Å²) in [6.45, 7) is 2.30. The highest BCUT2D eigenvalue weighted by atomic mass is 16.2. The van der Waals surface area contributed by atoms with E-state index in [-0.39, 0.29) is 30.2 Å². The van der Waals surface area contributed by atoms with Gasteiger partial charge in [-0.15, -0.1) is 12.3 Å². The SMILES string of the molecule is C#CCC(N)C(=O)N1CC(C(N)=O)CCC1C. The molecule has 94 valence electrons. The number of nitrogens with zero attached hydrogens (tertiary/aromatic N) is 1. The maximum absolute atomic E-state index is 12.0. The Kier molecular flexibility index (Phi) is 4.53. The molecule has 0 aromatic heterocycles. The lowest BCUT2D eigenvalue weighted by molar-refractivity contribution is -0.138. The van der Waals surface area contributed by atoms with E-state index >= 15 is 0 Å². The van der Waals surface area contributed by atoms with E-state index < -0.39 is 6.04 Å². The molecule has 4 N–H and O–H groups in total. The Labute approximate surface area is 102 Å². The molecule has 2 amide bonds. The number of carbonyl (C=O) groups is 2. The van der Waals surface area contributed by atoms with E-state index in [1.807, 2.05) is 6.92 Å². The molecule has 1 rings (SSSR count). The normalized spacial score (nSPS) is 26.1. The van der Waals surface area contributed by atoms with Crippen LogP contribution in [0.2, 0.25) is 0 Å². The number of piperidine rings is 1. The second kappa shape index (κ2) is 5.69. The molecule has 1 aliphatic heterocycles. The van der Waals surface area contributed by atoms with Crippen LogP contribution in [-0.2, 0) is 9.59 Å². The molecule has 0 saturated carbocycles. The van der Waals surface area contributed by atoms with Gasteiger partial charge in [0.2, 0.25) is 11.8 Å². The molecule has 1 heterocycles. The zero-order chi connectivity index (χ0) is 13.0. The van der Waals surface area contributed by atoms with Gasteiger partial charge >= 0.3 is 0 Å². The van der Waals surface area contributed by atoms with Crippen LogP contribution in [0.5, 0.6) is 0 Å². The highest BCUT2D eigenvalue weighted by Gasteiger charge is 2.33. The minimum absolute atomic E-state index is 0.0851. The molecule has 0 aliphatic carbocycles. The van der Waals surface area contributed by atoms with E-state index in [2.05, 4.69) is 5.92 Å². The predicted molar refractivity (Wildman–Crippen MR) is 64.5 cm³/mol. The molecule has 0 bridgehead atoms. The molecule has 0 radical (unpaired) electrons. The quantitative estimate of drug-likeness (QED) is 0.645. The zero-order valence-electron chi connectivity index (χ0n) is 10.1. The van der Waals surface area contributed by atoms with Crippen molar-refractivity contribution >= 4 is 11.8 Å². The van der Waals surface area contributed by atoms with Gasteiger partial charge in [0, 0.05) is 19.0 Å². The highest BCUT2D eigenvalue weighted by Crippen LogP contribution is 2.22. The molecule has 1 fully saturated rings. The molecule has 3 unspecified atom stereocenters. The first kappa shape index (κ1) is 13.5.